The Morgan fingerprint density at radius 1 is 1.80 bits per heavy atom. The summed E-state index contributed by atoms with van der Waals surface area (Å²) in [6.07, 6.45) is 0. The van der Waals surface area contributed by atoms with Crippen LogP contribution < -0.4 is 34.8 Å². The molecule has 0 aliphatic carbocycles. The number of rotatable bonds is 1. The Morgan fingerprint density at radius 2 is 2.00 bits per heavy atom. The van der Waals surface area contributed by atoms with Gasteiger partial charge in [-0.25, -0.2) is 0 Å². The summed E-state index contributed by atoms with van der Waals surface area (Å²) in [5.41, 5.74) is 0.653. The molecular formula is CHNaO2S. The fraction of sp³-hybridized carbons (Fsp3) is 0. The summed E-state index contributed by atoms with van der Waals surface area (Å²) in [6, 6.07) is 0. The molecule has 0 fully saturated rings. The van der Waals surface area contributed by atoms with E-state index >= 15 is 0 Å². The Balaban J connectivity index is 0. The third-order valence-electron chi connectivity index (χ3n) is 0.0393. The normalized spacial score (nSPS) is 4.20. The van der Waals surface area contributed by atoms with Crippen molar-refractivity contribution in [1.82, 2.24) is 0 Å². The maximum absolute atomic E-state index is 8.64. The van der Waals surface area contributed by atoms with Crippen molar-refractivity contribution < 1.29 is 39.7 Å². The third-order valence-corrected chi connectivity index (χ3v) is 0.118. The van der Waals surface area contributed by atoms with Gasteiger partial charge in [0.15, 0.2) is 0 Å². The molecule has 4 heteroatoms. The Morgan fingerprint density at radius 3 is 2.00 bits per heavy atom. The first-order chi connectivity index (χ1) is 1.91. The van der Waals surface area contributed by atoms with Crippen LogP contribution in [0, 0.1) is 0 Å². The molecule has 0 amide bonds. The summed E-state index contributed by atoms with van der Waals surface area (Å²) >= 11 is 3.89. The van der Waals surface area contributed by atoms with Gasteiger partial charge in [0.2, 0.25) is 0 Å². The Bertz CT molecular complexity index is 23.6. The number of thiocarbonyl (C=S) groups is 1. The van der Waals surface area contributed by atoms with E-state index < -0.39 is 0 Å². The SMILES string of the molecule is [Na+].[O-]OC=S. The van der Waals surface area contributed by atoms with Gasteiger partial charge in [0, 0.05) is 0 Å². The van der Waals surface area contributed by atoms with Crippen LogP contribution in [0.25, 0.3) is 0 Å². The molecule has 0 aliphatic rings. The molecule has 0 saturated carbocycles. The Labute approximate surface area is 57.3 Å². The van der Waals surface area contributed by atoms with Crippen LogP contribution in [0.2, 0.25) is 0 Å². The third kappa shape index (κ3) is 11.5. The maximum atomic E-state index is 8.64. The minimum Gasteiger partial charge on any atom is -0.664 e. The fourth-order valence-corrected chi connectivity index (χ4v) is 0. The van der Waals surface area contributed by atoms with Crippen LogP contribution in [0.1, 0.15) is 0 Å². The molecule has 0 aromatic rings. The summed E-state index contributed by atoms with van der Waals surface area (Å²) < 4.78 is 0. The van der Waals surface area contributed by atoms with Crippen molar-refractivity contribution >= 4 is 17.8 Å². The molecule has 0 spiro atoms. The van der Waals surface area contributed by atoms with Crippen molar-refractivity contribution in [3.8, 4) is 0 Å². The largest absolute Gasteiger partial charge is 1.00 e. The van der Waals surface area contributed by atoms with Gasteiger partial charge in [-0.05, 0) is 12.2 Å². The molecule has 0 N–H and O–H groups in total. The molecule has 2 nitrogen and oxygen atoms in total. The van der Waals surface area contributed by atoms with Gasteiger partial charge in [0.05, 0.1) is 0 Å². The summed E-state index contributed by atoms with van der Waals surface area (Å²) in [7, 11) is 0. The minimum absolute atomic E-state index is 0. The Kier molecular flexibility index (Phi) is 16.4. The molecule has 0 radical (unpaired) electrons. The smallest absolute Gasteiger partial charge is 0.664 e. The second kappa shape index (κ2) is 8.85. The molecular weight excluding hydrogens is 99.1 g/mol. The first-order valence-electron chi connectivity index (χ1n) is 0.638. The summed E-state index contributed by atoms with van der Waals surface area (Å²) in [6.45, 7) is 0. The predicted molar refractivity (Wildman–Crippen MR) is 14.7 cm³/mol. The van der Waals surface area contributed by atoms with E-state index in [1.807, 2.05) is 0 Å². The van der Waals surface area contributed by atoms with Crippen LogP contribution in [-0.2, 0) is 4.89 Å². The van der Waals surface area contributed by atoms with E-state index in [9.17, 15) is 0 Å². The molecule has 0 saturated heterocycles. The molecule has 0 atom stereocenters. The van der Waals surface area contributed by atoms with Gasteiger partial charge in [-0.15, -0.1) is 0 Å². The molecule has 5 heavy (non-hydrogen) atoms. The van der Waals surface area contributed by atoms with Gasteiger partial charge < -0.3 is 10.1 Å². The van der Waals surface area contributed by atoms with Crippen molar-refractivity contribution in [2.75, 3.05) is 0 Å². The average molecular weight is 100 g/mol. The van der Waals surface area contributed by atoms with E-state index in [0.29, 0.717) is 5.55 Å². The zero-order valence-corrected chi connectivity index (χ0v) is 5.62. The molecule has 0 bridgehead atoms. The molecule has 0 heterocycles. The number of hydrogen-bond acceptors (Lipinski definition) is 3. The average Bonchev–Trinajstić information content (AvgIpc) is 1.37. The zero-order chi connectivity index (χ0) is 3.41. The van der Waals surface area contributed by atoms with E-state index in [0.717, 1.165) is 0 Å². The van der Waals surface area contributed by atoms with E-state index in [1.165, 1.54) is 0 Å². The second-order valence-electron chi connectivity index (χ2n) is 0.192. The number of hydrogen-bond donors (Lipinski definition) is 0. The topological polar surface area (TPSA) is 32.3 Å². The Hall–Kier alpha value is 0.850. The molecule has 0 aromatic heterocycles. The van der Waals surface area contributed by atoms with E-state index in [4.69, 9.17) is 5.26 Å². The van der Waals surface area contributed by atoms with Crippen molar-refractivity contribution in [3.63, 3.8) is 0 Å². The van der Waals surface area contributed by atoms with Crippen LogP contribution in [0.3, 0.4) is 0 Å². The van der Waals surface area contributed by atoms with Gasteiger partial charge in [0.25, 0.3) is 0 Å². The fourth-order valence-electron chi connectivity index (χ4n) is 0. The van der Waals surface area contributed by atoms with E-state index in [1.54, 1.807) is 0 Å². The summed E-state index contributed by atoms with van der Waals surface area (Å²) in [5, 5.41) is 8.64. The van der Waals surface area contributed by atoms with Crippen LogP contribution in [0.15, 0.2) is 0 Å². The van der Waals surface area contributed by atoms with Gasteiger partial charge in [-0.2, -0.15) is 0 Å². The van der Waals surface area contributed by atoms with Crippen molar-refractivity contribution in [2.45, 2.75) is 0 Å². The van der Waals surface area contributed by atoms with Crippen molar-refractivity contribution in [1.29, 1.82) is 0 Å². The van der Waals surface area contributed by atoms with Gasteiger partial charge in [-0.3, -0.25) is 0 Å². The van der Waals surface area contributed by atoms with Crippen LogP contribution in [0.4, 0.5) is 0 Å². The minimum atomic E-state index is 0. The van der Waals surface area contributed by atoms with Crippen LogP contribution in [0.5, 0.6) is 0 Å². The first kappa shape index (κ1) is 9.28. The predicted octanol–water partition coefficient (Wildman–Crippen LogP) is -3.76. The molecule has 0 aromatic carbocycles. The summed E-state index contributed by atoms with van der Waals surface area (Å²) in [4.78, 5) is 2.98. The quantitative estimate of drug-likeness (QED) is 0.147. The van der Waals surface area contributed by atoms with Crippen LogP contribution in [-0.4, -0.2) is 5.55 Å². The van der Waals surface area contributed by atoms with Gasteiger partial charge in [-0.1, -0.05) is 0 Å². The van der Waals surface area contributed by atoms with Gasteiger partial charge >= 0.3 is 29.6 Å². The first-order valence-corrected chi connectivity index (χ1v) is 1.11. The van der Waals surface area contributed by atoms with Crippen molar-refractivity contribution in [2.24, 2.45) is 0 Å². The second-order valence-corrected chi connectivity index (χ2v) is 0.385. The monoisotopic (exact) mass is 100.0 g/mol. The summed E-state index contributed by atoms with van der Waals surface area (Å²) in [5.74, 6) is 0. The standard InChI is InChI=1S/CH2O2S.Na/c2-3-1-4;/h1-2H;/q;+1/p-1. The zero-order valence-electron chi connectivity index (χ0n) is 2.80. The molecule has 0 rings (SSSR count). The van der Waals surface area contributed by atoms with Crippen molar-refractivity contribution in [3.05, 3.63) is 0 Å². The molecule has 0 unspecified atom stereocenters. The van der Waals surface area contributed by atoms with Gasteiger partial charge in [0.1, 0.15) is 5.55 Å². The van der Waals surface area contributed by atoms with Crippen LogP contribution >= 0.6 is 12.2 Å². The van der Waals surface area contributed by atoms with E-state index in [-0.39, 0.29) is 29.6 Å². The van der Waals surface area contributed by atoms with E-state index in [2.05, 4.69) is 17.1 Å². The maximum Gasteiger partial charge on any atom is 1.00 e. The molecule has 24 valence electrons. The molecule has 0 aliphatic heterocycles.